The summed E-state index contributed by atoms with van der Waals surface area (Å²) in [5.74, 6) is 1.95. The summed E-state index contributed by atoms with van der Waals surface area (Å²) in [7, 11) is 0. The topological polar surface area (TPSA) is 38.7 Å². The first-order chi connectivity index (χ1) is 27.7. The maximum atomic E-state index is 5.00. The average molecular weight is 732 g/mol. The molecule has 1 aliphatic heterocycles. The molecule has 1 spiro atoms. The highest BCUT2D eigenvalue weighted by molar-refractivity contribution is 7.99. The van der Waals surface area contributed by atoms with E-state index in [4.69, 9.17) is 15.0 Å². The van der Waals surface area contributed by atoms with Crippen molar-refractivity contribution >= 4 is 11.8 Å². The van der Waals surface area contributed by atoms with Gasteiger partial charge in [0.2, 0.25) is 0 Å². The van der Waals surface area contributed by atoms with Crippen LogP contribution in [0, 0.1) is 0 Å². The Labute approximate surface area is 330 Å². The number of benzene rings is 8. The monoisotopic (exact) mass is 731 g/mol. The standard InChI is InChI=1S/C52H33N3S/c1-3-15-34(16-4-1)49-53-50(35-17-5-2-6-18-35)55-51(54-49)40-22-14-21-38(32-40)36-19-13-20-37(31-36)39-29-30-48-46(33-39)52(45-27-11-12-28-47(45)56-48)43-25-9-7-23-41(43)42-24-8-10-26-44(42)52/h1-33H. The molecule has 8 aromatic carbocycles. The van der Waals surface area contributed by atoms with Crippen LogP contribution in [0.15, 0.2) is 210 Å². The highest BCUT2D eigenvalue weighted by atomic mass is 32.2. The number of aromatic nitrogens is 3. The molecule has 2 aliphatic rings. The van der Waals surface area contributed by atoms with Gasteiger partial charge in [-0.2, -0.15) is 0 Å². The lowest BCUT2D eigenvalue weighted by Gasteiger charge is -2.40. The predicted molar refractivity (Wildman–Crippen MR) is 228 cm³/mol. The van der Waals surface area contributed by atoms with Gasteiger partial charge < -0.3 is 0 Å². The van der Waals surface area contributed by atoms with Crippen LogP contribution in [-0.2, 0) is 5.41 Å². The Morgan fingerprint density at radius 1 is 0.286 bits per heavy atom. The van der Waals surface area contributed by atoms with E-state index in [0.29, 0.717) is 17.5 Å². The van der Waals surface area contributed by atoms with Crippen LogP contribution in [-0.4, -0.2) is 15.0 Å². The Hall–Kier alpha value is -6.88. The third-order valence-electron chi connectivity index (χ3n) is 11.2. The van der Waals surface area contributed by atoms with E-state index in [2.05, 4.69) is 140 Å². The summed E-state index contributed by atoms with van der Waals surface area (Å²) in [5, 5.41) is 0. The Kier molecular flexibility index (Phi) is 7.64. The van der Waals surface area contributed by atoms with Gasteiger partial charge in [-0.3, -0.25) is 0 Å². The largest absolute Gasteiger partial charge is 0.208 e. The van der Waals surface area contributed by atoms with Crippen molar-refractivity contribution < 1.29 is 0 Å². The fraction of sp³-hybridized carbons (Fsp3) is 0.0192. The van der Waals surface area contributed by atoms with Gasteiger partial charge in [0.1, 0.15) is 0 Å². The molecule has 11 rings (SSSR count). The highest BCUT2D eigenvalue weighted by Crippen LogP contribution is 2.62. The van der Waals surface area contributed by atoms with Crippen LogP contribution in [0.5, 0.6) is 0 Å². The first-order valence-corrected chi connectivity index (χ1v) is 19.8. The van der Waals surface area contributed by atoms with Gasteiger partial charge in [-0.1, -0.05) is 182 Å². The molecule has 0 N–H and O–H groups in total. The molecule has 9 aromatic rings. The number of hydrogen-bond acceptors (Lipinski definition) is 4. The van der Waals surface area contributed by atoms with Gasteiger partial charge in [0.05, 0.1) is 5.41 Å². The lowest BCUT2D eigenvalue weighted by atomic mass is 9.67. The summed E-state index contributed by atoms with van der Waals surface area (Å²) >= 11 is 1.88. The van der Waals surface area contributed by atoms with Gasteiger partial charge in [0, 0.05) is 26.5 Å². The second-order valence-corrected chi connectivity index (χ2v) is 15.4. The summed E-state index contributed by atoms with van der Waals surface area (Å²) in [6.07, 6.45) is 0. The van der Waals surface area contributed by atoms with Crippen molar-refractivity contribution in [1.29, 1.82) is 0 Å². The van der Waals surface area contributed by atoms with Gasteiger partial charge in [0.15, 0.2) is 17.5 Å². The van der Waals surface area contributed by atoms with Crippen LogP contribution in [0.4, 0.5) is 0 Å². The summed E-state index contributed by atoms with van der Waals surface area (Å²) < 4.78 is 0. The van der Waals surface area contributed by atoms with Gasteiger partial charge in [-0.25, -0.2) is 15.0 Å². The molecule has 0 amide bonds. The van der Waals surface area contributed by atoms with E-state index >= 15 is 0 Å². The van der Waals surface area contributed by atoms with E-state index in [1.54, 1.807) is 0 Å². The summed E-state index contributed by atoms with van der Waals surface area (Å²) in [6, 6.07) is 71.7. The van der Waals surface area contributed by atoms with E-state index in [0.717, 1.165) is 27.8 Å². The molecule has 0 saturated carbocycles. The van der Waals surface area contributed by atoms with Crippen molar-refractivity contribution in [3.8, 4) is 67.5 Å². The predicted octanol–water partition coefficient (Wildman–Crippen LogP) is 13.0. The summed E-state index contributed by atoms with van der Waals surface area (Å²) in [4.78, 5) is 17.5. The zero-order valence-electron chi connectivity index (χ0n) is 30.3. The molecule has 3 nitrogen and oxygen atoms in total. The summed E-state index contributed by atoms with van der Waals surface area (Å²) in [5.41, 5.74) is 15.1. The van der Waals surface area contributed by atoms with Gasteiger partial charge in [-0.15, -0.1) is 0 Å². The maximum Gasteiger partial charge on any atom is 0.164 e. The molecular weight excluding hydrogens is 699 g/mol. The minimum absolute atomic E-state index is 0.409. The van der Waals surface area contributed by atoms with Crippen LogP contribution in [0.25, 0.3) is 67.5 Å². The van der Waals surface area contributed by atoms with E-state index in [1.165, 1.54) is 54.3 Å². The smallest absolute Gasteiger partial charge is 0.164 e. The molecule has 2 heterocycles. The molecule has 1 aromatic heterocycles. The van der Waals surface area contributed by atoms with Crippen molar-refractivity contribution in [1.82, 2.24) is 15.0 Å². The lowest BCUT2D eigenvalue weighted by Crippen LogP contribution is -2.32. The Morgan fingerprint density at radius 3 is 1.29 bits per heavy atom. The van der Waals surface area contributed by atoms with Crippen molar-refractivity contribution in [2.75, 3.05) is 0 Å². The van der Waals surface area contributed by atoms with Crippen molar-refractivity contribution in [3.05, 3.63) is 222 Å². The molecule has 0 fully saturated rings. The SMILES string of the molecule is c1ccc(-c2nc(-c3ccccc3)nc(-c3cccc(-c4cccc(-c5ccc6c(c5)C5(c7ccccc7S6)c6ccccc6-c6ccccc65)c4)c3)n2)cc1. The normalized spacial score (nSPS) is 13.1. The third-order valence-corrected chi connectivity index (χ3v) is 12.3. The van der Waals surface area contributed by atoms with E-state index in [9.17, 15) is 0 Å². The van der Waals surface area contributed by atoms with Gasteiger partial charge in [0.25, 0.3) is 0 Å². The molecule has 0 radical (unpaired) electrons. The van der Waals surface area contributed by atoms with E-state index in [1.807, 2.05) is 72.4 Å². The second kappa shape index (κ2) is 13.2. The first-order valence-electron chi connectivity index (χ1n) is 18.9. The quantitative estimate of drug-likeness (QED) is 0.177. The van der Waals surface area contributed by atoms with Gasteiger partial charge in [-0.05, 0) is 86.0 Å². The van der Waals surface area contributed by atoms with Crippen LogP contribution in [0.2, 0.25) is 0 Å². The number of fused-ring (bicyclic) bond motifs is 9. The zero-order chi connectivity index (χ0) is 37.1. The number of rotatable bonds is 5. The molecule has 262 valence electrons. The van der Waals surface area contributed by atoms with Crippen LogP contribution in [0.3, 0.4) is 0 Å². The lowest BCUT2D eigenvalue weighted by molar-refractivity contribution is 0.723. The van der Waals surface area contributed by atoms with Crippen LogP contribution < -0.4 is 0 Å². The van der Waals surface area contributed by atoms with Crippen molar-refractivity contribution in [2.45, 2.75) is 15.2 Å². The van der Waals surface area contributed by atoms with Crippen LogP contribution >= 0.6 is 11.8 Å². The van der Waals surface area contributed by atoms with Crippen molar-refractivity contribution in [2.24, 2.45) is 0 Å². The Bertz CT molecular complexity index is 2850. The van der Waals surface area contributed by atoms with E-state index < -0.39 is 5.41 Å². The fourth-order valence-corrected chi connectivity index (χ4v) is 9.86. The Morgan fingerprint density at radius 2 is 0.696 bits per heavy atom. The highest BCUT2D eigenvalue weighted by Gasteiger charge is 2.50. The number of nitrogens with zero attached hydrogens (tertiary/aromatic N) is 3. The third kappa shape index (κ3) is 5.18. The van der Waals surface area contributed by atoms with Crippen molar-refractivity contribution in [3.63, 3.8) is 0 Å². The zero-order valence-corrected chi connectivity index (χ0v) is 31.1. The summed E-state index contributed by atoms with van der Waals surface area (Å²) in [6.45, 7) is 0. The second-order valence-electron chi connectivity index (χ2n) is 14.4. The first kappa shape index (κ1) is 32.5. The molecule has 0 atom stereocenters. The molecule has 0 bridgehead atoms. The molecular formula is C52H33N3S. The fourth-order valence-electron chi connectivity index (χ4n) is 8.69. The van der Waals surface area contributed by atoms with Gasteiger partial charge >= 0.3 is 0 Å². The minimum Gasteiger partial charge on any atom is -0.208 e. The molecule has 0 unspecified atom stereocenters. The number of hydrogen-bond donors (Lipinski definition) is 0. The minimum atomic E-state index is -0.409. The molecule has 0 saturated heterocycles. The Balaban J connectivity index is 1.03. The molecule has 1 aliphatic carbocycles. The molecule has 56 heavy (non-hydrogen) atoms. The van der Waals surface area contributed by atoms with Crippen LogP contribution in [0.1, 0.15) is 22.3 Å². The van der Waals surface area contributed by atoms with E-state index in [-0.39, 0.29) is 0 Å². The molecule has 4 heteroatoms. The maximum absolute atomic E-state index is 5.00. The average Bonchev–Trinajstić information content (AvgIpc) is 3.57.